The van der Waals surface area contributed by atoms with Gasteiger partial charge in [0.15, 0.2) is 5.96 Å². The van der Waals surface area contributed by atoms with Crippen LogP contribution >= 0.6 is 0 Å². The van der Waals surface area contributed by atoms with Gasteiger partial charge in [0.2, 0.25) is 11.8 Å². The smallest absolute Gasteiger partial charge is 0.239 e. The lowest BCUT2D eigenvalue weighted by atomic mass is 10.2. The van der Waals surface area contributed by atoms with Crippen molar-refractivity contribution in [2.24, 2.45) is 5.73 Å². The van der Waals surface area contributed by atoms with Gasteiger partial charge in [0.05, 0.1) is 6.54 Å². The number of allylic oxidation sites excluding steroid dienone is 12. The number of amides is 2. The fourth-order valence-electron chi connectivity index (χ4n) is 3.18. The standard InChI is InChI=1S/C31H51N5O2/c1-3-4-5-6-7-8-9-10-11-12-13-14-15-16-17-18-19-20-22-25-29(37)34-26-23-21-24-27-35-30(38)28-36(2)31(32)33/h4-5,7-8,10-11,13-14,16-17,19-20H,3,6,9,12,15,18,21-28H2,1-2H3,(H3,32,33)(H,34,37)(H,35,38)/b5-4-,8-7-,11-10-,14-13-,17-16-,20-19-. The summed E-state index contributed by atoms with van der Waals surface area (Å²) in [5.41, 5.74) is 5.30. The number of nitrogens with zero attached hydrogens (tertiary/aromatic N) is 1. The summed E-state index contributed by atoms with van der Waals surface area (Å²) in [5.74, 6) is -0.202. The summed E-state index contributed by atoms with van der Waals surface area (Å²) in [6.07, 6.45) is 35.9. The summed E-state index contributed by atoms with van der Waals surface area (Å²) in [4.78, 5) is 24.9. The molecule has 0 radical (unpaired) electrons. The van der Waals surface area contributed by atoms with Gasteiger partial charge in [0, 0.05) is 26.6 Å². The highest BCUT2D eigenvalue weighted by Gasteiger charge is 2.06. The summed E-state index contributed by atoms with van der Waals surface area (Å²) in [7, 11) is 1.60. The molecule has 7 heteroatoms. The Labute approximate surface area is 231 Å². The van der Waals surface area contributed by atoms with Crippen molar-refractivity contribution in [3.8, 4) is 0 Å². The fourth-order valence-corrected chi connectivity index (χ4v) is 3.18. The predicted octanol–water partition coefficient (Wildman–Crippen LogP) is 5.69. The first kappa shape index (κ1) is 34.6. The number of likely N-dealkylation sites (N-methyl/N-ethyl adjacent to an activating group) is 1. The second-order valence-corrected chi connectivity index (χ2v) is 8.96. The number of hydrogen-bond acceptors (Lipinski definition) is 3. The van der Waals surface area contributed by atoms with Crippen LogP contribution in [0.25, 0.3) is 0 Å². The van der Waals surface area contributed by atoms with Crippen LogP contribution in [0.2, 0.25) is 0 Å². The largest absolute Gasteiger partial charge is 0.370 e. The average Bonchev–Trinajstić information content (AvgIpc) is 2.89. The maximum Gasteiger partial charge on any atom is 0.239 e. The molecular weight excluding hydrogens is 474 g/mol. The third-order valence-electron chi connectivity index (χ3n) is 5.42. The van der Waals surface area contributed by atoms with Crippen molar-refractivity contribution < 1.29 is 9.59 Å². The van der Waals surface area contributed by atoms with Gasteiger partial charge in [0.1, 0.15) is 0 Å². The Morgan fingerprint density at radius 3 is 1.55 bits per heavy atom. The van der Waals surface area contributed by atoms with Crippen LogP contribution in [-0.2, 0) is 9.59 Å². The molecule has 0 rings (SSSR count). The molecule has 5 N–H and O–H groups in total. The van der Waals surface area contributed by atoms with Gasteiger partial charge < -0.3 is 21.3 Å². The van der Waals surface area contributed by atoms with Crippen molar-refractivity contribution in [3.63, 3.8) is 0 Å². The van der Waals surface area contributed by atoms with E-state index in [9.17, 15) is 9.59 Å². The van der Waals surface area contributed by atoms with E-state index in [-0.39, 0.29) is 24.3 Å². The van der Waals surface area contributed by atoms with Crippen molar-refractivity contribution in [2.75, 3.05) is 26.7 Å². The molecule has 0 aliphatic heterocycles. The van der Waals surface area contributed by atoms with Crippen molar-refractivity contribution >= 4 is 17.8 Å². The summed E-state index contributed by atoms with van der Waals surface area (Å²) in [6, 6.07) is 0. The van der Waals surface area contributed by atoms with Crippen molar-refractivity contribution in [2.45, 2.75) is 77.6 Å². The minimum absolute atomic E-state index is 0.0742. The SMILES string of the molecule is CC/C=C\C/C=C\C/C=C\C/C=C\C/C=C\C/C=C\CCC(=O)NCCCCCNC(=O)CN(C)C(=N)N. The molecule has 38 heavy (non-hydrogen) atoms. The highest BCUT2D eigenvalue weighted by atomic mass is 16.2. The Bertz CT molecular complexity index is 809. The number of hydrogen-bond donors (Lipinski definition) is 4. The zero-order chi connectivity index (χ0) is 28.1. The van der Waals surface area contributed by atoms with Crippen LogP contribution < -0.4 is 16.4 Å². The minimum Gasteiger partial charge on any atom is -0.370 e. The summed E-state index contributed by atoms with van der Waals surface area (Å²) in [6.45, 7) is 3.48. The second kappa shape index (κ2) is 26.7. The fraction of sp³-hybridized carbons (Fsp3) is 0.516. The maximum absolute atomic E-state index is 11.9. The number of carbonyl (C=O) groups is 2. The summed E-state index contributed by atoms with van der Waals surface area (Å²) < 4.78 is 0. The Hall–Kier alpha value is -3.35. The molecule has 7 nitrogen and oxygen atoms in total. The van der Waals surface area contributed by atoms with Crippen LogP contribution in [0, 0.1) is 5.41 Å². The Morgan fingerprint density at radius 2 is 1.11 bits per heavy atom. The predicted molar refractivity (Wildman–Crippen MR) is 162 cm³/mol. The van der Waals surface area contributed by atoms with Crippen molar-refractivity contribution in [1.29, 1.82) is 5.41 Å². The van der Waals surface area contributed by atoms with Gasteiger partial charge in [-0.15, -0.1) is 0 Å². The van der Waals surface area contributed by atoms with Gasteiger partial charge in [-0.1, -0.05) is 79.8 Å². The van der Waals surface area contributed by atoms with E-state index in [1.54, 1.807) is 7.05 Å². The zero-order valence-corrected chi connectivity index (χ0v) is 23.7. The van der Waals surface area contributed by atoms with Crippen LogP contribution in [0.3, 0.4) is 0 Å². The lowest BCUT2D eigenvalue weighted by Gasteiger charge is -2.15. The monoisotopic (exact) mass is 525 g/mol. The lowest BCUT2D eigenvalue weighted by Crippen LogP contribution is -2.41. The summed E-state index contributed by atoms with van der Waals surface area (Å²) >= 11 is 0. The van der Waals surface area contributed by atoms with Crippen LogP contribution in [0.5, 0.6) is 0 Å². The molecule has 212 valence electrons. The van der Waals surface area contributed by atoms with Gasteiger partial charge in [-0.05, 0) is 64.2 Å². The topological polar surface area (TPSA) is 111 Å². The minimum atomic E-state index is -0.148. The molecule has 0 bridgehead atoms. The molecule has 0 saturated heterocycles. The highest BCUT2D eigenvalue weighted by molar-refractivity contribution is 5.83. The number of carbonyl (C=O) groups excluding carboxylic acids is 2. The van der Waals surface area contributed by atoms with Crippen LogP contribution in [0.1, 0.15) is 77.6 Å². The third-order valence-corrected chi connectivity index (χ3v) is 5.42. The molecule has 0 fully saturated rings. The Balaban J connectivity index is 3.58. The lowest BCUT2D eigenvalue weighted by molar-refractivity contribution is -0.121. The van der Waals surface area contributed by atoms with Gasteiger partial charge in [0.25, 0.3) is 0 Å². The molecule has 0 aromatic rings. The molecule has 0 aliphatic rings. The molecule has 2 amide bonds. The van der Waals surface area contributed by atoms with Crippen LogP contribution in [0.15, 0.2) is 72.9 Å². The zero-order valence-electron chi connectivity index (χ0n) is 23.7. The van der Waals surface area contributed by atoms with Gasteiger partial charge >= 0.3 is 0 Å². The molecule has 0 spiro atoms. The molecule has 0 aliphatic carbocycles. The molecular formula is C31H51N5O2. The maximum atomic E-state index is 11.9. The number of nitrogens with two attached hydrogens (primary N) is 1. The van der Waals surface area contributed by atoms with E-state index < -0.39 is 0 Å². The Morgan fingerprint density at radius 1 is 0.684 bits per heavy atom. The van der Waals surface area contributed by atoms with Gasteiger partial charge in [-0.3, -0.25) is 15.0 Å². The first-order chi connectivity index (χ1) is 18.5. The van der Waals surface area contributed by atoms with E-state index in [1.165, 1.54) is 4.90 Å². The van der Waals surface area contributed by atoms with E-state index in [1.807, 2.05) is 0 Å². The second-order valence-electron chi connectivity index (χ2n) is 8.96. The van der Waals surface area contributed by atoms with E-state index in [2.05, 4.69) is 90.5 Å². The molecule has 0 unspecified atom stereocenters. The molecule has 0 atom stereocenters. The highest BCUT2D eigenvalue weighted by Crippen LogP contribution is 1.98. The van der Waals surface area contributed by atoms with Gasteiger partial charge in [-0.2, -0.15) is 0 Å². The number of rotatable bonds is 22. The quantitative estimate of drug-likeness (QED) is 0.0629. The normalized spacial score (nSPS) is 12.2. The van der Waals surface area contributed by atoms with E-state index in [0.29, 0.717) is 19.5 Å². The molecule has 0 aromatic carbocycles. The molecule has 0 aromatic heterocycles. The van der Waals surface area contributed by atoms with E-state index in [0.717, 1.165) is 64.2 Å². The molecule has 0 heterocycles. The van der Waals surface area contributed by atoms with Crippen LogP contribution in [0.4, 0.5) is 0 Å². The number of guanidine groups is 1. The first-order valence-corrected chi connectivity index (χ1v) is 14.0. The van der Waals surface area contributed by atoms with Crippen molar-refractivity contribution in [1.82, 2.24) is 15.5 Å². The van der Waals surface area contributed by atoms with E-state index in [4.69, 9.17) is 11.1 Å². The molecule has 0 saturated carbocycles. The first-order valence-electron chi connectivity index (χ1n) is 14.0. The van der Waals surface area contributed by atoms with Crippen molar-refractivity contribution in [3.05, 3.63) is 72.9 Å². The number of nitrogens with one attached hydrogen (secondary N) is 3. The average molecular weight is 526 g/mol. The number of unbranched alkanes of at least 4 members (excludes halogenated alkanes) is 2. The van der Waals surface area contributed by atoms with E-state index >= 15 is 0 Å². The van der Waals surface area contributed by atoms with Crippen LogP contribution in [-0.4, -0.2) is 49.4 Å². The van der Waals surface area contributed by atoms with Gasteiger partial charge in [-0.25, -0.2) is 0 Å². The third kappa shape index (κ3) is 25.7. The Kier molecular flexibility index (Phi) is 24.4. The summed E-state index contributed by atoms with van der Waals surface area (Å²) in [5, 5.41) is 13.0.